The number of methoxy groups -OCH3 is 1. The summed E-state index contributed by atoms with van der Waals surface area (Å²) in [5.74, 6) is 1.03. The van der Waals surface area contributed by atoms with Crippen LogP contribution in [0.15, 0.2) is 72.8 Å². The number of allylic oxidation sites excluding steroid dienone is 1. The zero-order valence-electron chi connectivity index (χ0n) is 25.4. The molecule has 4 aromatic carbocycles. The molecule has 0 bridgehead atoms. The van der Waals surface area contributed by atoms with Gasteiger partial charge in [0.1, 0.15) is 5.75 Å². The largest absolute Gasteiger partial charge is 1.00 e. The van der Waals surface area contributed by atoms with E-state index in [-0.39, 0.29) is 41.1 Å². The van der Waals surface area contributed by atoms with Crippen LogP contribution in [-0.4, -0.2) is 12.5 Å². The first kappa shape index (κ1) is 36.5. The van der Waals surface area contributed by atoms with E-state index < -0.39 is 0 Å². The van der Waals surface area contributed by atoms with Crippen LogP contribution >= 0.6 is 0 Å². The van der Waals surface area contributed by atoms with Crippen LogP contribution < -0.4 is 29.6 Å². The van der Waals surface area contributed by atoms with E-state index in [0.717, 1.165) is 12.2 Å². The third kappa shape index (κ3) is 9.52. The molecule has 0 amide bonds. The molecule has 0 radical (unpaired) electrons. The van der Waals surface area contributed by atoms with Crippen LogP contribution in [0.25, 0.3) is 28.0 Å². The quantitative estimate of drug-likeness (QED) is 0.234. The van der Waals surface area contributed by atoms with Crippen molar-refractivity contribution < 1.29 is 52.9 Å². The van der Waals surface area contributed by atoms with E-state index in [1.54, 1.807) is 30.4 Å². The van der Waals surface area contributed by atoms with Gasteiger partial charge in [0, 0.05) is 11.1 Å². The van der Waals surface area contributed by atoms with Crippen LogP contribution in [-0.2, 0) is 40.6 Å². The first-order valence-electron chi connectivity index (χ1n) is 13.4. The zero-order valence-corrected chi connectivity index (χ0v) is 30.3. The Labute approximate surface area is 270 Å². The maximum atomic E-state index is 5.89. The second-order valence-electron chi connectivity index (χ2n) is 12.2. The van der Waals surface area contributed by atoms with E-state index in [2.05, 4.69) is 140 Å². The molecule has 5 rings (SSSR count). The van der Waals surface area contributed by atoms with Crippen molar-refractivity contribution in [1.82, 2.24) is 0 Å². The van der Waals surface area contributed by atoms with Crippen molar-refractivity contribution in [2.75, 3.05) is 7.11 Å². The Balaban J connectivity index is 0.000000441. The molecular formula is C35H42Cl2OSiZr-2. The van der Waals surface area contributed by atoms with Crippen molar-refractivity contribution in [2.45, 2.75) is 71.9 Å². The molecule has 0 saturated carbocycles. The number of fused-ring (bicyclic) bond motifs is 2. The number of halogens is 2. The minimum atomic E-state index is 0. The van der Waals surface area contributed by atoms with Crippen LogP contribution in [0.3, 0.4) is 0 Å². The first-order valence-corrected chi connectivity index (χ1v) is 19.6. The molecule has 212 valence electrons. The fourth-order valence-electron chi connectivity index (χ4n) is 4.64. The van der Waals surface area contributed by atoms with Crippen molar-refractivity contribution in [3.63, 3.8) is 0 Å². The summed E-state index contributed by atoms with van der Waals surface area (Å²) >= 11 is 1.74. The first-order chi connectivity index (χ1) is 17.8. The van der Waals surface area contributed by atoms with Gasteiger partial charge in [0.2, 0.25) is 0 Å². The molecule has 40 heavy (non-hydrogen) atoms. The van der Waals surface area contributed by atoms with Crippen LogP contribution in [0.4, 0.5) is 0 Å². The third-order valence-corrected chi connectivity index (χ3v) is 6.50. The maximum absolute atomic E-state index is 5.89. The number of hydrogen-bond donors (Lipinski definition) is 0. The molecule has 0 heterocycles. The Morgan fingerprint density at radius 3 is 1.95 bits per heavy atom. The monoisotopic (exact) mass is 666 g/mol. The molecule has 5 heteroatoms. The number of hydrogen-bond acceptors (Lipinski definition) is 1. The number of ether oxygens (including phenoxy) is 1. The summed E-state index contributed by atoms with van der Waals surface area (Å²) in [6.07, 6.45) is 6.21. The van der Waals surface area contributed by atoms with Crippen molar-refractivity contribution in [3.8, 4) is 16.9 Å². The summed E-state index contributed by atoms with van der Waals surface area (Å²) in [4.78, 5) is 0. The van der Waals surface area contributed by atoms with E-state index >= 15 is 0 Å². The van der Waals surface area contributed by atoms with Gasteiger partial charge in [-0.15, -0.1) is 47.0 Å². The molecule has 1 nitrogen and oxygen atoms in total. The van der Waals surface area contributed by atoms with Gasteiger partial charge in [0.25, 0.3) is 0 Å². The van der Waals surface area contributed by atoms with Crippen molar-refractivity contribution in [1.29, 1.82) is 0 Å². The normalized spacial score (nSPS) is 11.7. The molecule has 1 aliphatic rings. The molecule has 0 aromatic heterocycles. The average Bonchev–Trinajstić information content (AvgIpc) is 3.51. The predicted molar refractivity (Wildman–Crippen MR) is 164 cm³/mol. The molecule has 4 aromatic rings. The average molecular weight is 669 g/mol. The van der Waals surface area contributed by atoms with E-state index in [9.17, 15) is 0 Å². The SMILES string of the molecule is COc1c(C(C)(C)C)cc(-c2cccc3[cH-]ccc23)cc1C(C)(C)C.C[Si](C)=[Zr+2].[C-]1=Cc2ccccc2C1.[Cl-].[Cl-]. The Morgan fingerprint density at radius 2 is 1.43 bits per heavy atom. The minimum absolute atomic E-state index is 0. The summed E-state index contributed by atoms with van der Waals surface area (Å²) in [5, 5.41) is 2.61. The van der Waals surface area contributed by atoms with Gasteiger partial charge in [-0.05, 0) is 28.5 Å². The van der Waals surface area contributed by atoms with Gasteiger partial charge < -0.3 is 29.6 Å². The second-order valence-corrected chi connectivity index (χ2v) is 21.5. The molecule has 0 atom stereocenters. The van der Waals surface area contributed by atoms with Crippen LogP contribution in [0, 0.1) is 6.08 Å². The fraction of sp³-hybridized carbons (Fsp3) is 0.343. The number of rotatable bonds is 2. The van der Waals surface area contributed by atoms with Gasteiger partial charge in [-0.1, -0.05) is 71.4 Å². The van der Waals surface area contributed by atoms with E-state index in [4.69, 9.17) is 4.74 Å². The fourth-order valence-corrected chi connectivity index (χ4v) is 4.64. The van der Waals surface area contributed by atoms with Crippen molar-refractivity contribution in [2.24, 2.45) is 0 Å². The van der Waals surface area contributed by atoms with Crippen LogP contribution in [0.5, 0.6) is 5.75 Å². The topological polar surface area (TPSA) is 9.23 Å². The van der Waals surface area contributed by atoms with E-state index in [1.807, 2.05) is 0 Å². The van der Waals surface area contributed by atoms with Gasteiger partial charge in [0.05, 0.1) is 7.11 Å². The Kier molecular flexibility index (Phi) is 14.3. The van der Waals surface area contributed by atoms with Crippen LogP contribution in [0.1, 0.15) is 63.8 Å². The van der Waals surface area contributed by atoms with Gasteiger partial charge in [0.15, 0.2) is 0 Å². The van der Waals surface area contributed by atoms with Gasteiger partial charge in [-0.2, -0.15) is 17.7 Å². The van der Waals surface area contributed by atoms with Gasteiger partial charge in [-0.25, -0.2) is 6.08 Å². The van der Waals surface area contributed by atoms with E-state index in [0.29, 0.717) is 0 Å². The van der Waals surface area contributed by atoms with Gasteiger partial charge in [-0.3, -0.25) is 6.08 Å². The summed E-state index contributed by atoms with van der Waals surface area (Å²) in [6, 6.07) is 26.1. The molecule has 0 spiro atoms. The zero-order chi connectivity index (χ0) is 28.1. The molecule has 0 unspecified atom stereocenters. The van der Waals surface area contributed by atoms with Gasteiger partial charge >= 0.3 is 41.9 Å². The summed E-state index contributed by atoms with van der Waals surface area (Å²) in [6.45, 7) is 18.1. The minimum Gasteiger partial charge on any atom is -1.00 e. The summed E-state index contributed by atoms with van der Waals surface area (Å²) < 4.78 is 5.89. The third-order valence-electron chi connectivity index (χ3n) is 6.50. The maximum Gasteiger partial charge on any atom is -0.0650 e. The van der Waals surface area contributed by atoms with Crippen molar-refractivity contribution >= 4 is 22.3 Å². The summed E-state index contributed by atoms with van der Waals surface area (Å²) in [5.41, 5.74) is 8.07. The Hall–Kier alpha value is -1.51. The van der Waals surface area contributed by atoms with E-state index in [1.165, 1.54) is 44.2 Å². The predicted octanol–water partition coefficient (Wildman–Crippen LogP) is 3.68. The van der Waals surface area contributed by atoms with Crippen molar-refractivity contribution in [3.05, 3.63) is 101 Å². The Bertz CT molecular complexity index is 1400. The molecule has 0 aliphatic heterocycles. The summed E-state index contributed by atoms with van der Waals surface area (Å²) in [7, 11) is 1.79. The molecule has 0 fully saturated rings. The van der Waals surface area contributed by atoms with Crippen LogP contribution in [0.2, 0.25) is 13.1 Å². The Morgan fingerprint density at radius 1 is 0.850 bits per heavy atom. The molecule has 0 N–H and O–H groups in total. The molecular weight excluding hydrogens is 627 g/mol. The number of benzene rings is 3. The molecule has 1 aliphatic carbocycles. The standard InChI is InChI=1S/C24H29O.C9H7.C2H6Si.2ClH.Zr/c1-23(2,3)20-14-17(15-21(22(20)25-7)24(4,5)6)19-13-9-11-16-10-8-12-18(16)19;1-2-5-9-7-3-6-8(9)4-1;1-3-2;;;/h8-15H,1-7H3;1-2,4-6H,7H2;1-2H3;2*1H;/q2*-1;;;;+2/p-2. The second kappa shape index (κ2) is 15.6. The smallest absolute Gasteiger partial charge is 0.0650 e. The molecule has 0 saturated heterocycles.